The summed E-state index contributed by atoms with van der Waals surface area (Å²) in [5.41, 5.74) is 2.48. The van der Waals surface area contributed by atoms with Crippen molar-refractivity contribution in [3.8, 4) is 0 Å². The lowest BCUT2D eigenvalue weighted by Gasteiger charge is -2.29. The molecule has 2 rings (SSSR count). The normalized spacial score (nSPS) is 24.1. The van der Waals surface area contributed by atoms with Crippen LogP contribution in [0.2, 0.25) is 0 Å². The van der Waals surface area contributed by atoms with Crippen molar-refractivity contribution in [2.24, 2.45) is 5.92 Å². The summed E-state index contributed by atoms with van der Waals surface area (Å²) in [6, 6.07) is 7.15. The van der Waals surface area contributed by atoms with Gasteiger partial charge in [0.2, 0.25) is 0 Å². The van der Waals surface area contributed by atoms with Crippen molar-refractivity contribution >= 4 is 21.6 Å². The number of anilines is 1. The molecule has 3 atom stereocenters. The van der Waals surface area contributed by atoms with Gasteiger partial charge in [0.1, 0.15) is 0 Å². The summed E-state index contributed by atoms with van der Waals surface area (Å²) in [6.45, 7) is 8.74. The maximum absolute atomic E-state index is 9.60. The van der Waals surface area contributed by atoms with E-state index in [1.807, 2.05) is 0 Å². The molecular weight excluding hydrogens is 316 g/mol. The second-order valence-corrected chi connectivity index (χ2v) is 6.55. The first-order chi connectivity index (χ1) is 9.58. The van der Waals surface area contributed by atoms with E-state index in [4.69, 9.17) is 0 Å². The predicted molar refractivity (Wildman–Crippen MR) is 88.2 cm³/mol. The third-order valence-electron chi connectivity index (χ3n) is 4.36. The van der Waals surface area contributed by atoms with Crippen LogP contribution in [0.1, 0.15) is 38.8 Å². The summed E-state index contributed by atoms with van der Waals surface area (Å²) in [4.78, 5) is 2.33. The molecule has 0 aliphatic carbocycles. The summed E-state index contributed by atoms with van der Waals surface area (Å²) in [5, 5.41) is 13.0. The van der Waals surface area contributed by atoms with Gasteiger partial charge in [0.05, 0.1) is 18.3 Å². The lowest BCUT2D eigenvalue weighted by Crippen LogP contribution is -2.35. The molecule has 0 bridgehead atoms. The van der Waals surface area contributed by atoms with Crippen LogP contribution in [0.3, 0.4) is 0 Å². The second-order valence-electron chi connectivity index (χ2n) is 5.70. The van der Waals surface area contributed by atoms with Crippen LogP contribution < -0.4 is 10.2 Å². The molecule has 1 saturated heterocycles. The molecule has 1 aromatic carbocycles. The Morgan fingerprint density at radius 1 is 1.50 bits per heavy atom. The molecule has 3 unspecified atom stereocenters. The first-order valence-electron chi connectivity index (χ1n) is 7.48. The van der Waals surface area contributed by atoms with Crippen LogP contribution in [0.25, 0.3) is 0 Å². The van der Waals surface area contributed by atoms with Gasteiger partial charge in [-0.05, 0) is 59.4 Å². The monoisotopic (exact) mass is 340 g/mol. The Kier molecular flexibility index (Phi) is 5.47. The molecule has 1 fully saturated rings. The van der Waals surface area contributed by atoms with Gasteiger partial charge in [-0.15, -0.1) is 0 Å². The van der Waals surface area contributed by atoms with Crippen molar-refractivity contribution in [1.82, 2.24) is 5.32 Å². The van der Waals surface area contributed by atoms with Gasteiger partial charge >= 0.3 is 0 Å². The van der Waals surface area contributed by atoms with E-state index in [1.54, 1.807) is 0 Å². The van der Waals surface area contributed by atoms with Crippen molar-refractivity contribution < 1.29 is 5.11 Å². The molecule has 0 spiro atoms. The topological polar surface area (TPSA) is 35.5 Å². The van der Waals surface area contributed by atoms with Gasteiger partial charge in [0.15, 0.2) is 0 Å². The van der Waals surface area contributed by atoms with E-state index >= 15 is 0 Å². The molecule has 0 saturated carbocycles. The smallest absolute Gasteiger partial charge is 0.0637 e. The zero-order valence-electron chi connectivity index (χ0n) is 12.6. The fraction of sp³-hybridized carbons (Fsp3) is 0.625. The molecule has 1 aliphatic heterocycles. The lowest BCUT2D eigenvalue weighted by molar-refractivity contribution is 0.244. The van der Waals surface area contributed by atoms with Crippen LogP contribution in [0.15, 0.2) is 22.7 Å². The van der Waals surface area contributed by atoms with Crippen LogP contribution in [0.5, 0.6) is 0 Å². The van der Waals surface area contributed by atoms with Crippen molar-refractivity contribution in [3.05, 3.63) is 28.2 Å². The number of hydrogen-bond donors (Lipinski definition) is 2. The minimum atomic E-state index is 0.225. The van der Waals surface area contributed by atoms with Crippen molar-refractivity contribution in [2.45, 2.75) is 39.3 Å². The van der Waals surface area contributed by atoms with E-state index < -0.39 is 0 Å². The van der Waals surface area contributed by atoms with E-state index in [0.29, 0.717) is 12.0 Å². The highest BCUT2D eigenvalue weighted by Crippen LogP contribution is 2.35. The fourth-order valence-electron chi connectivity index (χ4n) is 3.04. The Balaban J connectivity index is 2.21. The van der Waals surface area contributed by atoms with Crippen LogP contribution in [-0.4, -0.2) is 30.8 Å². The first-order valence-corrected chi connectivity index (χ1v) is 8.28. The average molecular weight is 341 g/mol. The minimum absolute atomic E-state index is 0.225. The molecule has 2 N–H and O–H groups in total. The summed E-state index contributed by atoms with van der Waals surface area (Å²) in [7, 11) is 0. The van der Waals surface area contributed by atoms with Gasteiger partial charge in [-0.25, -0.2) is 0 Å². The van der Waals surface area contributed by atoms with Crippen LogP contribution >= 0.6 is 15.9 Å². The molecule has 0 aromatic heterocycles. The number of rotatable bonds is 5. The van der Waals surface area contributed by atoms with Gasteiger partial charge in [0.25, 0.3) is 0 Å². The average Bonchev–Trinajstić information content (AvgIpc) is 2.79. The Bertz CT molecular complexity index is 452. The molecule has 4 heteroatoms. The molecule has 1 aliphatic rings. The molecule has 1 aromatic rings. The summed E-state index contributed by atoms with van der Waals surface area (Å²) < 4.78 is 1.12. The Hall–Kier alpha value is -0.580. The number of nitrogens with one attached hydrogen (secondary N) is 1. The largest absolute Gasteiger partial charge is 0.394 e. The van der Waals surface area contributed by atoms with Crippen molar-refractivity contribution in [3.63, 3.8) is 0 Å². The molecular formula is C16H25BrN2O. The maximum atomic E-state index is 9.60. The van der Waals surface area contributed by atoms with Gasteiger partial charge in [-0.2, -0.15) is 0 Å². The van der Waals surface area contributed by atoms with Crippen molar-refractivity contribution in [2.75, 3.05) is 24.6 Å². The maximum Gasteiger partial charge on any atom is 0.0637 e. The second kappa shape index (κ2) is 6.92. The summed E-state index contributed by atoms with van der Waals surface area (Å²) in [5.74, 6) is 0.548. The van der Waals surface area contributed by atoms with Gasteiger partial charge in [-0.3, -0.25) is 0 Å². The van der Waals surface area contributed by atoms with Crippen LogP contribution in [0, 0.1) is 5.92 Å². The van der Waals surface area contributed by atoms with E-state index in [-0.39, 0.29) is 12.6 Å². The lowest BCUT2D eigenvalue weighted by atomic mass is 10.0. The van der Waals surface area contributed by atoms with E-state index in [0.717, 1.165) is 24.0 Å². The first kappa shape index (κ1) is 15.8. The Morgan fingerprint density at radius 3 is 2.85 bits per heavy atom. The number of aliphatic hydroxyl groups excluding tert-OH is 1. The summed E-state index contributed by atoms with van der Waals surface area (Å²) >= 11 is 3.70. The third kappa shape index (κ3) is 3.18. The highest BCUT2D eigenvalue weighted by molar-refractivity contribution is 9.10. The quantitative estimate of drug-likeness (QED) is 0.862. The van der Waals surface area contributed by atoms with Crippen LogP contribution in [-0.2, 0) is 0 Å². The zero-order valence-corrected chi connectivity index (χ0v) is 14.2. The Morgan fingerprint density at radius 2 is 2.25 bits per heavy atom. The third-order valence-corrected chi connectivity index (χ3v) is 5.00. The number of hydrogen-bond acceptors (Lipinski definition) is 3. The fourth-order valence-corrected chi connectivity index (χ4v) is 3.66. The molecule has 3 nitrogen and oxygen atoms in total. The number of nitrogens with zero attached hydrogens (tertiary/aromatic N) is 1. The molecule has 0 radical (unpaired) electrons. The van der Waals surface area contributed by atoms with Gasteiger partial charge in [-0.1, -0.05) is 19.9 Å². The number of aliphatic hydroxyl groups is 1. The number of halogens is 1. The van der Waals surface area contributed by atoms with E-state index in [2.05, 4.69) is 65.1 Å². The minimum Gasteiger partial charge on any atom is -0.394 e. The molecule has 20 heavy (non-hydrogen) atoms. The summed E-state index contributed by atoms with van der Waals surface area (Å²) in [6.07, 6.45) is 1.15. The standard InChI is InChI=1S/C16H25BrN2O/c1-4-18-12(3)13-5-6-15(14(17)9-13)19-8-7-11(2)16(19)10-20/h5-6,9,11-12,16,18,20H,4,7-8,10H2,1-3H3. The van der Waals surface area contributed by atoms with E-state index in [1.165, 1.54) is 11.3 Å². The van der Waals surface area contributed by atoms with Crippen molar-refractivity contribution in [1.29, 1.82) is 0 Å². The molecule has 112 valence electrons. The molecule has 0 amide bonds. The van der Waals surface area contributed by atoms with Gasteiger partial charge in [0, 0.05) is 17.1 Å². The molecule has 1 heterocycles. The van der Waals surface area contributed by atoms with Crippen LogP contribution in [0.4, 0.5) is 5.69 Å². The predicted octanol–water partition coefficient (Wildman–Crippen LogP) is 3.33. The van der Waals surface area contributed by atoms with E-state index in [9.17, 15) is 5.11 Å². The number of benzene rings is 1. The zero-order chi connectivity index (χ0) is 14.7. The highest BCUT2D eigenvalue weighted by atomic mass is 79.9. The highest BCUT2D eigenvalue weighted by Gasteiger charge is 2.31. The SMILES string of the molecule is CCNC(C)c1ccc(N2CCC(C)C2CO)c(Br)c1. The Labute approximate surface area is 130 Å². The van der Waals surface area contributed by atoms with Gasteiger partial charge < -0.3 is 15.3 Å².